The van der Waals surface area contributed by atoms with Crippen LogP contribution in [0.5, 0.6) is 0 Å². The van der Waals surface area contributed by atoms with Gasteiger partial charge in [-0.15, -0.1) is 0 Å². The Balaban J connectivity index is 0. The van der Waals surface area contributed by atoms with E-state index >= 15 is 0 Å². The maximum Gasteiger partial charge on any atom is 0.223 e. The van der Waals surface area contributed by atoms with Gasteiger partial charge in [0, 0.05) is 13.4 Å². The van der Waals surface area contributed by atoms with Gasteiger partial charge in [0.05, 0.1) is 0 Å². The summed E-state index contributed by atoms with van der Waals surface area (Å²) in [6.45, 7) is 10.0. The monoisotopic (exact) mass is 272 g/mol. The Morgan fingerprint density at radius 2 is 1.47 bits per heavy atom. The zero-order valence-corrected chi connectivity index (χ0v) is 13.4. The summed E-state index contributed by atoms with van der Waals surface area (Å²) >= 11 is 0. The standard InChI is InChI=1S/C12H22N2O.2C2H6.H2/c15-12(10-6-8-13-9-7-10)14-11-4-2-1-3-5-11;2*1-2;/h10-11,13H,1-9H2,(H,14,15);2*1-2H3;1H. The van der Waals surface area contributed by atoms with Crippen LogP contribution < -0.4 is 10.6 Å². The maximum absolute atomic E-state index is 11.9. The molecule has 0 aromatic carbocycles. The first-order valence-electron chi connectivity index (χ1n) is 8.37. The Morgan fingerprint density at radius 3 is 2.00 bits per heavy atom. The Morgan fingerprint density at radius 1 is 0.947 bits per heavy atom. The van der Waals surface area contributed by atoms with Gasteiger partial charge < -0.3 is 10.6 Å². The quantitative estimate of drug-likeness (QED) is 0.804. The zero-order valence-electron chi connectivity index (χ0n) is 13.4. The highest BCUT2D eigenvalue weighted by Gasteiger charge is 2.23. The van der Waals surface area contributed by atoms with Crippen LogP contribution in [-0.4, -0.2) is 25.0 Å². The molecule has 2 rings (SSSR count). The van der Waals surface area contributed by atoms with Crippen molar-refractivity contribution >= 4 is 5.91 Å². The van der Waals surface area contributed by atoms with Crippen LogP contribution in [0.2, 0.25) is 0 Å². The van der Waals surface area contributed by atoms with E-state index in [9.17, 15) is 4.79 Å². The van der Waals surface area contributed by atoms with E-state index in [1.165, 1.54) is 32.1 Å². The number of piperidine rings is 1. The number of hydrogen-bond donors (Lipinski definition) is 2. The lowest BCUT2D eigenvalue weighted by Crippen LogP contribution is -2.43. The number of amides is 1. The van der Waals surface area contributed by atoms with E-state index in [4.69, 9.17) is 0 Å². The van der Waals surface area contributed by atoms with Crippen molar-refractivity contribution in [1.29, 1.82) is 0 Å². The van der Waals surface area contributed by atoms with E-state index < -0.39 is 0 Å². The van der Waals surface area contributed by atoms with E-state index in [2.05, 4.69) is 10.6 Å². The van der Waals surface area contributed by atoms with Crippen molar-refractivity contribution in [3.8, 4) is 0 Å². The third-order valence-corrected chi connectivity index (χ3v) is 3.66. The predicted molar refractivity (Wildman–Crippen MR) is 85.4 cm³/mol. The third kappa shape index (κ3) is 7.56. The van der Waals surface area contributed by atoms with E-state index in [-0.39, 0.29) is 7.34 Å². The first-order valence-corrected chi connectivity index (χ1v) is 8.37. The smallest absolute Gasteiger partial charge is 0.223 e. The van der Waals surface area contributed by atoms with Crippen LogP contribution in [0.15, 0.2) is 0 Å². The molecular weight excluding hydrogens is 236 g/mol. The number of carbonyl (C=O) groups excluding carboxylic acids is 1. The molecule has 0 aromatic rings. The van der Waals surface area contributed by atoms with E-state index in [1.54, 1.807) is 0 Å². The lowest BCUT2D eigenvalue weighted by molar-refractivity contribution is -0.126. The van der Waals surface area contributed by atoms with E-state index in [1.807, 2.05) is 27.7 Å². The topological polar surface area (TPSA) is 41.1 Å². The summed E-state index contributed by atoms with van der Waals surface area (Å²) < 4.78 is 0. The summed E-state index contributed by atoms with van der Waals surface area (Å²) in [6, 6.07) is 0.473. The Kier molecular flexibility index (Phi) is 12.1. The SMILES string of the molecule is CC.CC.O=C(NC1CCCCC1)C1CCNCC1.[HH]. The highest BCUT2D eigenvalue weighted by Crippen LogP contribution is 2.19. The van der Waals surface area contributed by atoms with Crippen molar-refractivity contribution < 1.29 is 6.22 Å². The van der Waals surface area contributed by atoms with Crippen molar-refractivity contribution in [3.05, 3.63) is 0 Å². The van der Waals surface area contributed by atoms with Gasteiger partial charge in [0.1, 0.15) is 0 Å². The fourth-order valence-electron chi connectivity index (χ4n) is 2.65. The molecule has 1 saturated carbocycles. The van der Waals surface area contributed by atoms with Gasteiger partial charge in [0.25, 0.3) is 0 Å². The molecule has 0 atom stereocenters. The first-order chi connectivity index (χ1) is 9.36. The van der Waals surface area contributed by atoms with Gasteiger partial charge in [-0.05, 0) is 38.8 Å². The molecule has 2 fully saturated rings. The minimum absolute atomic E-state index is 0. The highest BCUT2D eigenvalue weighted by molar-refractivity contribution is 5.79. The number of carbonyl (C=O) groups is 1. The molecule has 1 amide bonds. The maximum atomic E-state index is 11.9. The minimum atomic E-state index is 0. The van der Waals surface area contributed by atoms with Crippen LogP contribution in [0.4, 0.5) is 0 Å². The average molecular weight is 272 g/mol. The summed E-state index contributed by atoms with van der Waals surface area (Å²) in [7, 11) is 0. The summed E-state index contributed by atoms with van der Waals surface area (Å²) in [6.07, 6.45) is 8.33. The van der Waals surface area contributed by atoms with Crippen LogP contribution in [0.3, 0.4) is 0 Å². The van der Waals surface area contributed by atoms with Gasteiger partial charge in [-0.1, -0.05) is 47.0 Å². The number of nitrogens with one attached hydrogen (secondary N) is 2. The van der Waals surface area contributed by atoms with E-state index in [0.29, 0.717) is 11.9 Å². The second-order valence-corrected chi connectivity index (χ2v) is 4.87. The van der Waals surface area contributed by atoms with Crippen LogP contribution >= 0.6 is 0 Å². The third-order valence-electron chi connectivity index (χ3n) is 3.66. The van der Waals surface area contributed by atoms with Gasteiger partial charge in [0.2, 0.25) is 5.91 Å². The first kappa shape index (κ1) is 18.4. The number of hydrogen-bond acceptors (Lipinski definition) is 2. The van der Waals surface area contributed by atoms with E-state index in [0.717, 1.165) is 25.9 Å². The molecule has 1 heterocycles. The molecule has 3 heteroatoms. The van der Waals surface area contributed by atoms with Crippen LogP contribution in [0.1, 0.15) is 74.1 Å². The van der Waals surface area contributed by atoms with Gasteiger partial charge in [0.15, 0.2) is 0 Å². The van der Waals surface area contributed by atoms with Crippen LogP contribution in [0.25, 0.3) is 0 Å². The lowest BCUT2D eigenvalue weighted by Gasteiger charge is -2.27. The second kappa shape index (κ2) is 12.5. The fourth-order valence-corrected chi connectivity index (χ4v) is 2.65. The largest absolute Gasteiger partial charge is 0.353 e. The fraction of sp³-hybridized carbons (Fsp3) is 0.938. The molecule has 3 nitrogen and oxygen atoms in total. The molecule has 116 valence electrons. The zero-order chi connectivity index (χ0) is 14.5. The van der Waals surface area contributed by atoms with Gasteiger partial charge >= 0.3 is 0 Å². The predicted octanol–water partition coefficient (Wildman–Crippen LogP) is 3.73. The Hall–Kier alpha value is -0.570. The van der Waals surface area contributed by atoms with Crippen molar-refractivity contribution in [2.24, 2.45) is 5.92 Å². The van der Waals surface area contributed by atoms with Crippen molar-refractivity contribution in [2.45, 2.75) is 78.7 Å². The molecule has 2 N–H and O–H groups in total. The Bertz CT molecular complexity index is 213. The number of rotatable bonds is 2. The highest BCUT2D eigenvalue weighted by atomic mass is 16.1. The normalized spacial score (nSPS) is 20.4. The van der Waals surface area contributed by atoms with Crippen molar-refractivity contribution in [1.82, 2.24) is 10.6 Å². The molecule has 1 saturated heterocycles. The molecule has 0 unspecified atom stereocenters. The van der Waals surface area contributed by atoms with Crippen molar-refractivity contribution in [2.75, 3.05) is 13.1 Å². The van der Waals surface area contributed by atoms with Crippen molar-refractivity contribution in [3.63, 3.8) is 0 Å². The van der Waals surface area contributed by atoms with Crippen LogP contribution in [-0.2, 0) is 4.79 Å². The summed E-state index contributed by atoms with van der Waals surface area (Å²) in [5.74, 6) is 0.580. The molecule has 2 aliphatic rings. The molecule has 0 spiro atoms. The Labute approximate surface area is 121 Å². The summed E-state index contributed by atoms with van der Waals surface area (Å²) in [5.41, 5.74) is 0. The second-order valence-electron chi connectivity index (χ2n) is 4.87. The van der Waals surface area contributed by atoms with Gasteiger partial charge in [-0.25, -0.2) is 0 Å². The molecule has 19 heavy (non-hydrogen) atoms. The molecule has 1 aliphatic carbocycles. The molecule has 0 bridgehead atoms. The molecular formula is C16H36N2O. The molecule has 1 aliphatic heterocycles. The van der Waals surface area contributed by atoms with Crippen LogP contribution in [0, 0.1) is 5.92 Å². The summed E-state index contributed by atoms with van der Waals surface area (Å²) in [5, 5.41) is 6.52. The summed E-state index contributed by atoms with van der Waals surface area (Å²) in [4.78, 5) is 11.9. The molecule has 0 radical (unpaired) electrons. The minimum Gasteiger partial charge on any atom is -0.353 e. The van der Waals surface area contributed by atoms with Gasteiger partial charge in [-0.3, -0.25) is 4.79 Å². The average Bonchev–Trinajstić information content (AvgIpc) is 2.53. The van der Waals surface area contributed by atoms with Gasteiger partial charge in [-0.2, -0.15) is 0 Å². The lowest BCUT2D eigenvalue weighted by atomic mass is 9.93. The molecule has 0 aromatic heterocycles.